The highest BCUT2D eigenvalue weighted by atomic mass is 35.5. The zero-order chi connectivity index (χ0) is 15.6. The first kappa shape index (κ1) is 15.6. The second kappa shape index (κ2) is 6.35. The van der Waals surface area contributed by atoms with Gasteiger partial charge in [0.05, 0.1) is 4.92 Å². The number of aromatic nitrogens is 2. The van der Waals surface area contributed by atoms with Crippen LogP contribution >= 0.6 is 23.4 Å². The van der Waals surface area contributed by atoms with Crippen molar-refractivity contribution in [3.8, 4) is 0 Å². The fourth-order valence-corrected chi connectivity index (χ4v) is 2.83. The molecule has 1 fully saturated rings. The van der Waals surface area contributed by atoms with E-state index in [2.05, 4.69) is 9.97 Å². The van der Waals surface area contributed by atoms with Crippen LogP contribution in [0.4, 0.5) is 11.5 Å². The predicted octanol–water partition coefficient (Wildman–Crippen LogP) is 1.67. The lowest BCUT2D eigenvalue weighted by atomic mass is 10.1. The van der Waals surface area contributed by atoms with Crippen LogP contribution in [0.2, 0.25) is 5.28 Å². The number of rotatable bonds is 4. The fraction of sp³-hybridized carbons (Fsp3) is 0.455. The molecule has 0 saturated carbocycles. The minimum absolute atomic E-state index is 0.0306. The van der Waals surface area contributed by atoms with Gasteiger partial charge in [-0.05, 0) is 17.5 Å². The molecule has 2 rings (SSSR count). The molecule has 0 aliphatic carbocycles. The van der Waals surface area contributed by atoms with E-state index in [1.807, 2.05) is 0 Å². The van der Waals surface area contributed by atoms with Crippen molar-refractivity contribution in [2.45, 2.75) is 13.3 Å². The largest absolute Gasteiger partial charge is 0.330 e. The SMILES string of the molecule is CC(=O)SCC1CC(=O)N(c2nc(Cl)ncc2[N+](=O)[O-])C1. The number of nitrogens with zero attached hydrogens (tertiary/aromatic N) is 4. The number of carbonyl (C=O) groups is 2. The van der Waals surface area contributed by atoms with Gasteiger partial charge in [0.15, 0.2) is 5.12 Å². The normalized spacial score (nSPS) is 18.1. The highest BCUT2D eigenvalue weighted by Crippen LogP contribution is 2.32. The van der Waals surface area contributed by atoms with Crippen molar-refractivity contribution < 1.29 is 14.5 Å². The van der Waals surface area contributed by atoms with Crippen molar-refractivity contribution in [3.05, 3.63) is 21.6 Å². The fourth-order valence-electron chi connectivity index (χ4n) is 2.01. The molecule has 8 nitrogen and oxygen atoms in total. The highest BCUT2D eigenvalue weighted by Gasteiger charge is 2.35. The summed E-state index contributed by atoms with van der Waals surface area (Å²) in [6.45, 7) is 1.72. The molecule has 0 N–H and O–H groups in total. The van der Waals surface area contributed by atoms with E-state index in [1.54, 1.807) is 0 Å². The second-order valence-electron chi connectivity index (χ2n) is 4.48. The minimum atomic E-state index is -0.656. The van der Waals surface area contributed by atoms with Gasteiger partial charge >= 0.3 is 5.69 Å². The molecular weight excluding hydrogens is 320 g/mol. The van der Waals surface area contributed by atoms with Crippen molar-refractivity contribution in [2.75, 3.05) is 17.2 Å². The first-order valence-electron chi connectivity index (χ1n) is 5.99. The maximum atomic E-state index is 12.0. The van der Waals surface area contributed by atoms with Gasteiger partial charge in [-0.2, -0.15) is 4.98 Å². The molecule has 0 radical (unpaired) electrons. The van der Waals surface area contributed by atoms with Gasteiger partial charge in [-0.15, -0.1) is 0 Å². The number of hydrogen-bond donors (Lipinski definition) is 0. The standard InChI is InChI=1S/C11H11ClN4O4S/c1-6(17)21-5-7-2-9(18)15(4-7)10-8(16(19)20)3-13-11(12)14-10/h3,7H,2,4-5H2,1H3. The van der Waals surface area contributed by atoms with E-state index >= 15 is 0 Å². The third-order valence-electron chi connectivity index (χ3n) is 2.90. The Morgan fingerprint density at radius 2 is 2.38 bits per heavy atom. The summed E-state index contributed by atoms with van der Waals surface area (Å²) in [6, 6.07) is 0. The molecule has 0 bridgehead atoms. The average Bonchev–Trinajstić information content (AvgIpc) is 2.77. The molecule has 21 heavy (non-hydrogen) atoms. The zero-order valence-corrected chi connectivity index (χ0v) is 12.6. The van der Waals surface area contributed by atoms with Gasteiger partial charge in [-0.1, -0.05) is 11.8 Å². The number of anilines is 1. The average molecular weight is 331 g/mol. The molecule has 1 aliphatic heterocycles. The summed E-state index contributed by atoms with van der Waals surface area (Å²) in [5, 5.41) is 10.8. The topological polar surface area (TPSA) is 106 Å². The molecule has 1 amide bonds. The smallest absolute Gasteiger partial charge is 0.291 e. The number of thioether (sulfide) groups is 1. The minimum Gasteiger partial charge on any atom is -0.291 e. The Labute approximate surface area is 129 Å². The van der Waals surface area contributed by atoms with Gasteiger partial charge in [-0.25, -0.2) is 4.98 Å². The van der Waals surface area contributed by atoms with E-state index in [1.165, 1.54) is 11.8 Å². The Morgan fingerprint density at radius 1 is 1.67 bits per heavy atom. The van der Waals surface area contributed by atoms with E-state index in [4.69, 9.17) is 11.6 Å². The number of hydrogen-bond acceptors (Lipinski definition) is 7. The van der Waals surface area contributed by atoms with Crippen LogP contribution in [0.1, 0.15) is 13.3 Å². The van der Waals surface area contributed by atoms with Crippen LogP contribution in [0, 0.1) is 16.0 Å². The summed E-state index contributed by atoms with van der Waals surface area (Å²) >= 11 is 6.79. The maximum absolute atomic E-state index is 12.0. The number of nitro groups is 1. The molecular formula is C11H11ClN4O4S. The number of carbonyl (C=O) groups excluding carboxylic acids is 2. The highest BCUT2D eigenvalue weighted by molar-refractivity contribution is 8.13. The number of amides is 1. The van der Waals surface area contributed by atoms with Gasteiger partial charge < -0.3 is 0 Å². The lowest BCUT2D eigenvalue weighted by Gasteiger charge is -2.15. The molecule has 0 aromatic carbocycles. The van der Waals surface area contributed by atoms with E-state index in [9.17, 15) is 19.7 Å². The van der Waals surface area contributed by atoms with E-state index in [-0.39, 0.29) is 46.7 Å². The molecule has 1 unspecified atom stereocenters. The third kappa shape index (κ3) is 3.67. The van der Waals surface area contributed by atoms with Crippen LogP contribution in [-0.2, 0) is 9.59 Å². The Morgan fingerprint density at radius 3 is 3.00 bits per heavy atom. The Kier molecular flexibility index (Phi) is 4.73. The van der Waals surface area contributed by atoms with Crippen LogP contribution in [-0.4, -0.2) is 38.2 Å². The quantitative estimate of drug-likeness (QED) is 0.469. The van der Waals surface area contributed by atoms with Gasteiger partial charge in [-0.3, -0.25) is 24.6 Å². The Hall–Kier alpha value is -1.74. The van der Waals surface area contributed by atoms with Crippen molar-refractivity contribution in [2.24, 2.45) is 5.92 Å². The van der Waals surface area contributed by atoms with E-state index in [0.717, 1.165) is 18.0 Å². The van der Waals surface area contributed by atoms with Crippen LogP contribution < -0.4 is 4.90 Å². The van der Waals surface area contributed by atoms with E-state index < -0.39 is 4.92 Å². The van der Waals surface area contributed by atoms with E-state index in [0.29, 0.717) is 5.75 Å². The van der Waals surface area contributed by atoms with Crippen LogP contribution in [0.3, 0.4) is 0 Å². The Balaban J connectivity index is 2.22. The van der Waals surface area contributed by atoms with Crippen LogP contribution in [0.25, 0.3) is 0 Å². The summed E-state index contributed by atoms with van der Waals surface area (Å²) in [6.07, 6.45) is 1.20. The second-order valence-corrected chi connectivity index (χ2v) is 6.02. The van der Waals surface area contributed by atoms with Crippen molar-refractivity contribution in [1.29, 1.82) is 0 Å². The molecule has 1 saturated heterocycles. The molecule has 10 heteroatoms. The van der Waals surface area contributed by atoms with Gasteiger partial charge in [0.25, 0.3) is 0 Å². The molecule has 1 aliphatic rings. The van der Waals surface area contributed by atoms with Crippen LogP contribution in [0.5, 0.6) is 0 Å². The van der Waals surface area contributed by atoms with Gasteiger partial charge in [0.1, 0.15) is 6.20 Å². The first-order valence-corrected chi connectivity index (χ1v) is 7.35. The molecule has 1 aromatic heterocycles. The van der Waals surface area contributed by atoms with Crippen molar-refractivity contribution in [1.82, 2.24) is 9.97 Å². The number of halogens is 1. The monoisotopic (exact) mass is 330 g/mol. The maximum Gasteiger partial charge on any atom is 0.330 e. The molecule has 112 valence electrons. The van der Waals surface area contributed by atoms with Gasteiger partial charge in [0, 0.05) is 25.6 Å². The first-order chi connectivity index (χ1) is 9.88. The van der Waals surface area contributed by atoms with Gasteiger partial charge in [0.2, 0.25) is 17.0 Å². The summed E-state index contributed by atoms with van der Waals surface area (Å²) in [7, 11) is 0. The molecule has 1 aromatic rings. The van der Waals surface area contributed by atoms with Crippen molar-refractivity contribution >= 4 is 45.9 Å². The lowest BCUT2D eigenvalue weighted by Crippen LogP contribution is -2.27. The summed E-state index contributed by atoms with van der Waals surface area (Å²) in [5.41, 5.74) is -0.368. The lowest BCUT2D eigenvalue weighted by molar-refractivity contribution is -0.384. The zero-order valence-electron chi connectivity index (χ0n) is 11.0. The van der Waals surface area contributed by atoms with Crippen molar-refractivity contribution in [3.63, 3.8) is 0 Å². The molecule has 1 atom stereocenters. The molecule has 2 heterocycles. The summed E-state index contributed by atoms with van der Waals surface area (Å²) < 4.78 is 0. The van der Waals surface area contributed by atoms with Crippen LogP contribution in [0.15, 0.2) is 6.20 Å². The summed E-state index contributed by atoms with van der Waals surface area (Å²) in [4.78, 5) is 41.9. The summed E-state index contributed by atoms with van der Waals surface area (Å²) in [5.74, 6) is 0.0616. The predicted molar refractivity (Wildman–Crippen MR) is 77.3 cm³/mol. The third-order valence-corrected chi connectivity index (χ3v) is 4.13. The Bertz CT molecular complexity index is 612. The molecule has 0 spiro atoms.